The lowest BCUT2D eigenvalue weighted by atomic mass is 9.97. The number of amides is 3. The lowest BCUT2D eigenvalue weighted by Crippen LogP contribution is -2.47. The summed E-state index contributed by atoms with van der Waals surface area (Å²) in [6.45, 7) is 2.96. The maximum absolute atomic E-state index is 12.7. The number of hydrogen-bond donors (Lipinski definition) is 1. The molecule has 0 spiro atoms. The zero-order valence-electron chi connectivity index (χ0n) is 16.1. The van der Waals surface area contributed by atoms with Crippen molar-refractivity contribution in [1.29, 1.82) is 0 Å². The second-order valence-electron chi connectivity index (χ2n) is 7.69. The fourth-order valence-electron chi connectivity index (χ4n) is 4.14. The van der Waals surface area contributed by atoms with Gasteiger partial charge in [-0.2, -0.15) is 0 Å². The number of rotatable bonds is 3. The first-order valence-electron chi connectivity index (χ1n) is 10.2. The summed E-state index contributed by atoms with van der Waals surface area (Å²) in [6.07, 6.45) is 3.96. The summed E-state index contributed by atoms with van der Waals surface area (Å²) >= 11 is 0. The Hall–Kier alpha value is -2.82. The molecule has 2 aliphatic rings. The molecule has 4 rings (SSSR count). The number of nitrogens with zero attached hydrogens (tertiary/aromatic N) is 2. The largest absolute Gasteiger partial charge is 0.342 e. The standard InChI is InChI=1S/C23H27N3O2/c27-22(25-14-4-5-15-25)20-9-6-16-26(17-20)23(28)24-21-12-10-19(11-13-21)18-7-2-1-3-8-18/h1-3,7-8,10-13,20H,4-6,9,14-17H2,(H,24,28)/t20-/m1/s1. The molecule has 0 saturated carbocycles. The number of carbonyl (C=O) groups is 2. The maximum Gasteiger partial charge on any atom is 0.321 e. The van der Waals surface area contributed by atoms with Gasteiger partial charge in [-0.05, 0) is 48.9 Å². The highest BCUT2D eigenvalue weighted by molar-refractivity contribution is 5.90. The van der Waals surface area contributed by atoms with Gasteiger partial charge < -0.3 is 15.1 Å². The van der Waals surface area contributed by atoms with E-state index in [9.17, 15) is 9.59 Å². The van der Waals surface area contributed by atoms with Crippen molar-refractivity contribution >= 4 is 17.6 Å². The van der Waals surface area contributed by atoms with Gasteiger partial charge in [0.05, 0.1) is 5.92 Å². The molecule has 5 heteroatoms. The average molecular weight is 377 g/mol. The van der Waals surface area contributed by atoms with Crippen molar-refractivity contribution in [3.63, 3.8) is 0 Å². The Bertz CT molecular complexity index is 814. The van der Waals surface area contributed by atoms with E-state index in [4.69, 9.17) is 0 Å². The molecule has 2 aromatic carbocycles. The predicted molar refractivity (Wildman–Crippen MR) is 111 cm³/mol. The zero-order chi connectivity index (χ0) is 19.3. The smallest absolute Gasteiger partial charge is 0.321 e. The third-order valence-corrected chi connectivity index (χ3v) is 5.72. The molecule has 2 saturated heterocycles. The van der Waals surface area contributed by atoms with Crippen LogP contribution in [0.5, 0.6) is 0 Å². The molecule has 2 aromatic rings. The Morgan fingerprint density at radius 1 is 0.786 bits per heavy atom. The van der Waals surface area contributed by atoms with E-state index in [0.29, 0.717) is 13.1 Å². The van der Waals surface area contributed by atoms with E-state index in [1.54, 1.807) is 4.90 Å². The summed E-state index contributed by atoms with van der Waals surface area (Å²) in [5, 5.41) is 2.98. The summed E-state index contributed by atoms with van der Waals surface area (Å²) in [5.74, 6) is 0.167. The topological polar surface area (TPSA) is 52.7 Å². The molecule has 0 aliphatic carbocycles. The maximum atomic E-state index is 12.7. The number of benzene rings is 2. The van der Waals surface area contributed by atoms with Gasteiger partial charge in [-0.3, -0.25) is 4.79 Å². The Morgan fingerprint density at radius 3 is 2.14 bits per heavy atom. The first-order valence-corrected chi connectivity index (χ1v) is 10.2. The van der Waals surface area contributed by atoms with Gasteiger partial charge in [-0.1, -0.05) is 42.5 Å². The van der Waals surface area contributed by atoms with E-state index in [0.717, 1.165) is 55.6 Å². The minimum absolute atomic E-state index is 0.0574. The molecular weight excluding hydrogens is 350 g/mol. The second kappa shape index (κ2) is 8.46. The molecule has 2 heterocycles. The lowest BCUT2D eigenvalue weighted by molar-refractivity contribution is -0.135. The van der Waals surface area contributed by atoms with Crippen molar-refractivity contribution in [2.75, 3.05) is 31.5 Å². The van der Waals surface area contributed by atoms with Crippen molar-refractivity contribution < 1.29 is 9.59 Å². The van der Waals surface area contributed by atoms with Crippen LogP contribution < -0.4 is 5.32 Å². The minimum atomic E-state index is -0.119. The highest BCUT2D eigenvalue weighted by Gasteiger charge is 2.32. The van der Waals surface area contributed by atoms with Gasteiger partial charge >= 0.3 is 6.03 Å². The van der Waals surface area contributed by atoms with Gasteiger partial charge in [0.25, 0.3) is 0 Å². The Labute approximate surface area is 166 Å². The van der Waals surface area contributed by atoms with Crippen LogP contribution in [0.15, 0.2) is 54.6 Å². The molecule has 146 valence electrons. The molecule has 2 fully saturated rings. The van der Waals surface area contributed by atoms with Crippen LogP contribution in [-0.4, -0.2) is 47.9 Å². The monoisotopic (exact) mass is 377 g/mol. The molecular formula is C23H27N3O2. The quantitative estimate of drug-likeness (QED) is 0.871. The van der Waals surface area contributed by atoms with Crippen LogP contribution in [0.4, 0.5) is 10.5 Å². The number of hydrogen-bond acceptors (Lipinski definition) is 2. The first kappa shape index (κ1) is 18.5. The number of likely N-dealkylation sites (tertiary alicyclic amines) is 2. The Balaban J connectivity index is 1.36. The summed E-state index contributed by atoms with van der Waals surface area (Å²) in [7, 11) is 0. The molecule has 0 bridgehead atoms. The number of carbonyl (C=O) groups excluding carboxylic acids is 2. The van der Waals surface area contributed by atoms with Gasteiger partial charge in [-0.15, -0.1) is 0 Å². The molecule has 0 aromatic heterocycles. The van der Waals surface area contributed by atoms with Crippen molar-refractivity contribution in [1.82, 2.24) is 9.80 Å². The summed E-state index contributed by atoms with van der Waals surface area (Å²) in [5.41, 5.74) is 3.05. The van der Waals surface area contributed by atoms with Crippen LogP contribution in [0.1, 0.15) is 25.7 Å². The Morgan fingerprint density at radius 2 is 1.43 bits per heavy atom. The molecule has 3 amide bonds. The van der Waals surface area contributed by atoms with E-state index in [-0.39, 0.29) is 17.9 Å². The predicted octanol–water partition coefficient (Wildman–Crippen LogP) is 4.22. The Kier molecular flexibility index (Phi) is 5.60. The van der Waals surface area contributed by atoms with Gasteiger partial charge in [0.2, 0.25) is 5.91 Å². The number of urea groups is 1. The molecule has 0 unspecified atom stereocenters. The fraction of sp³-hybridized carbons (Fsp3) is 0.391. The van der Waals surface area contributed by atoms with Gasteiger partial charge in [0, 0.05) is 31.9 Å². The molecule has 2 aliphatic heterocycles. The van der Waals surface area contributed by atoms with Crippen LogP contribution in [0.2, 0.25) is 0 Å². The molecule has 0 radical (unpaired) electrons. The second-order valence-corrected chi connectivity index (χ2v) is 7.69. The van der Waals surface area contributed by atoms with E-state index in [1.165, 1.54) is 0 Å². The summed E-state index contributed by atoms with van der Waals surface area (Å²) in [6, 6.07) is 17.9. The molecule has 1 atom stereocenters. The highest BCUT2D eigenvalue weighted by atomic mass is 16.2. The van der Waals surface area contributed by atoms with E-state index < -0.39 is 0 Å². The third kappa shape index (κ3) is 4.19. The van der Waals surface area contributed by atoms with Crippen LogP contribution in [0.3, 0.4) is 0 Å². The normalized spacial score (nSPS) is 19.5. The van der Waals surface area contributed by atoms with E-state index in [2.05, 4.69) is 17.4 Å². The van der Waals surface area contributed by atoms with Crippen molar-refractivity contribution in [2.24, 2.45) is 5.92 Å². The molecule has 1 N–H and O–H groups in total. The third-order valence-electron chi connectivity index (χ3n) is 5.72. The highest BCUT2D eigenvalue weighted by Crippen LogP contribution is 2.24. The number of nitrogens with one attached hydrogen (secondary N) is 1. The fourth-order valence-corrected chi connectivity index (χ4v) is 4.14. The summed E-state index contributed by atoms with van der Waals surface area (Å²) < 4.78 is 0. The van der Waals surface area contributed by atoms with Crippen LogP contribution >= 0.6 is 0 Å². The van der Waals surface area contributed by atoms with Gasteiger partial charge in [-0.25, -0.2) is 4.79 Å². The van der Waals surface area contributed by atoms with Crippen molar-refractivity contribution in [3.05, 3.63) is 54.6 Å². The van der Waals surface area contributed by atoms with Crippen LogP contribution in [0, 0.1) is 5.92 Å². The zero-order valence-corrected chi connectivity index (χ0v) is 16.1. The van der Waals surface area contributed by atoms with E-state index >= 15 is 0 Å². The molecule has 5 nitrogen and oxygen atoms in total. The van der Waals surface area contributed by atoms with E-state index in [1.807, 2.05) is 47.4 Å². The SMILES string of the molecule is O=C(Nc1ccc(-c2ccccc2)cc1)N1CCC[C@@H](C(=O)N2CCCC2)C1. The van der Waals surface area contributed by atoms with Crippen molar-refractivity contribution in [2.45, 2.75) is 25.7 Å². The molecule has 28 heavy (non-hydrogen) atoms. The van der Waals surface area contributed by atoms with Gasteiger partial charge in [0.15, 0.2) is 0 Å². The van der Waals surface area contributed by atoms with Crippen LogP contribution in [-0.2, 0) is 4.79 Å². The number of piperidine rings is 1. The summed E-state index contributed by atoms with van der Waals surface area (Å²) in [4.78, 5) is 29.1. The van der Waals surface area contributed by atoms with Gasteiger partial charge in [0.1, 0.15) is 0 Å². The van der Waals surface area contributed by atoms with Crippen molar-refractivity contribution in [3.8, 4) is 11.1 Å². The average Bonchev–Trinajstić information content (AvgIpc) is 3.29. The lowest BCUT2D eigenvalue weighted by Gasteiger charge is -2.33. The van der Waals surface area contributed by atoms with Crippen LogP contribution in [0.25, 0.3) is 11.1 Å². The number of anilines is 1. The minimum Gasteiger partial charge on any atom is -0.342 e. The first-order chi connectivity index (χ1) is 13.7.